The standard InChI is InChI=1S/C18H18ClNO3S/c1-13(23-24(2,21)22)18(14-6-4-3-5-7-14)20-11-10-15-12-16(19)8-9-17(15)20/h3-13,18H,1-2H3. The molecule has 0 spiro atoms. The van der Waals surface area contributed by atoms with Crippen molar-refractivity contribution in [1.82, 2.24) is 4.57 Å². The van der Waals surface area contributed by atoms with Crippen LogP contribution in [0, 0.1) is 0 Å². The van der Waals surface area contributed by atoms with Crippen LogP contribution in [0.15, 0.2) is 60.8 Å². The molecule has 1 aromatic heterocycles. The highest BCUT2D eigenvalue weighted by Gasteiger charge is 2.26. The topological polar surface area (TPSA) is 48.3 Å². The number of rotatable bonds is 5. The first-order chi connectivity index (χ1) is 11.3. The molecule has 0 aliphatic rings. The van der Waals surface area contributed by atoms with Crippen molar-refractivity contribution in [2.24, 2.45) is 0 Å². The number of aromatic nitrogens is 1. The zero-order chi connectivity index (χ0) is 17.3. The van der Waals surface area contributed by atoms with Gasteiger partial charge in [0.15, 0.2) is 0 Å². The highest BCUT2D eigenvalue weighted by Crippen LogP contribution is 2.30. The van der Waals surface area contributed by atoms with E-state index in [0.29, 0.717) is 5.02 Å². The first-order valence-electron chi connectivity index (χ1n) is 7.54. The third-order valence-electron chi connectivity index (χ3n) is 3.89. The van der Waals surface area contributed by atoms with Gasteiger partial charge < -0.3 is 4.57 Å². The number of hydrogen-bond donors (Lipinski definition) is 0. The Morgan fingerprint density at radius 3 is 2.46 bits per heavy atom. The fourth-order valence-electron chi connectivity index (χ4n) is 3.01. The van der Waals surface area contributed by atoms with Gasteiger partial charge in [-0.2, -0.15) is 8.42 Å². The molecule has 0 saturated heterocycles. The fourth-order valence-corrected chi connectivity index (χ4v) is 3.85. The van der Waals surface area contributed by atoms with Crippen LogP contribution in [0.5, 0.6) is 0 Å². The van der Waals surface area contributed by atoms with Gasteiger partial charge in [-0.1, -0.05) is 41.9 Å². The number of halogens is 1. The quantitative estimate of drug-likeness (QED) is 0.637. The van der Waals surface area contributed by atoms with Crippen molar-refractivity contribution in [1.29, 1.82) is 0 Å². The lowest BCUT2D eigenvalue weighted by Crippen LogP contribution is -2.27. The van der Waals surface area contributed by atoms with E-state index >= 15 is 0 Å². The molecule has 0 bridgehead atoms. The summed E-state index contributed by atoms with van der Waals surface area (Å²) < 4.78 is 30.5. The molecule has 0 radical (unpaired) electrons. The summed E-state index contributed by atoms with van der Waals surface area (Å²) in [5.74, 6) is 0. The SMILES string of the molecule is CC(OS(C)(=O)=O)C(c1ccccc1)n1ccc2cc(Cl)ccc21. The fraction of sp³-hybridized carbons (Fsp3) is 0.222. The van der Waals surface area contributed by atoms with Crippen LogP contribution in [0.2, 0.25) is 5.02 Å². The Hall–Kier alpha value is -1.82. The molecule has 2 unspecified atom stereocenters. The van der Waals surface area contributed by atoms with Crippen molar-refractivity contribution in [3.8, 4) is 0 Å². The van der Waals surface area contributed by atoms with Crippen LogP contribution in [-0.4, -0.2) is 25.3 Å². The van der Waals surface area contributed by atoms with Gasteiger partial charge in [0.2, 0.25) is 0 Å². The molecule has 24 heavy (non-hydrogen) atoms. The summed E-state index contributed by atoms with van der Waals surface area (Å²) in [6.45, 7) is 1.76. The molecule has 126 valence electrons. The summed E-state index contributed by atoms with van der Waals surface area (Å²) in [6.07, 6.45) is 2.44. The molecule has 1 heterocycles. The average molecular weight is 364 g/mol. The molecule has 2 aromatic carbocycles. The molecule has 0 aliphatic heterocycles. The lowest BCUT2D eigenvalue weighted by atomic mass is 10.0. The van der Waals surface area contributed by atoms with E-state index in [9.17, 15) is 8.42 Å². The smallest absolute Gasteiger partial charge is 0.264 e. The van der Waals surface area contributed by atoms with Gasteiger partial charge in [0.25, 0.3) is 10.1 Å². The Morgan fingerprint density at radius 1 is 1.08 bits per heavy atom. The zero-order valence-electron chi connectivity index (χ0n) is 13.4. The minimum atomic E-state index is -3.56. The van der Waals surface area contributed by atoms with E-state index in [-0.39, 0.29) is 6.04 Å². The van der Waals surface area contributed by atoms with Gasteiger partial charge in [0.05, 0.1) is 18.4 Å². The molecule has 3 rings (SSSR count). The molecule has 6 heteroatoms. The average Bonchev–Trinajstić information content (AvgIpc) is 2.89. The molecule has 0 N–H and O–H groups in total. The molecule has 4 nitrogen and oxygen atoms in total. The lowest BCUT2D eigenvalue weighted by molar-refractivity contribution is 0.185. The molecule has 3 aromatic rings. The van der Waals surface area contributed by atoms with E-state index in [1.165, 1.54) is 0 Å². The second-order valence-electron chi connectivity index (χ2n) is 5.79. The highest BCUT2D eigenvalue weighted by molar-refractivity contribution is 7.86. The van der Waals surface area contributed by atoms with Crippen LogP contribution in [0.25, 0.3) is 10.9 Å². The Bertz CT molecular complexity index is 951. The van der Waals surface area contributed by atoms with Crippen LogP contribution in [0.3, 0.4) is 0 Å². The Labute approximate surface area is 146 Å². The van der Waals surface area contributed by atoms with E-state index < -0.39 is 16.2 Å². The predicted molar refractivity (Wildman–Crippen MR) is 96.9 cm³/mol. The second-order valence-corrected chi connectivity index (χ2v) is 7.82. The van der Waals surface area contributed by atoms with Gasteiger partial charge in [-0.3, -0.25) is 4.18 Å². The minimum Gasteiger partial charge on any atom is -0.337 e. The van der Waals surface area contributed by atoms with Crippen LogP contribution in [-0.2, 0) is 14.3 Å². The maximum atomic E-state index is 11.6. The number of benzene rings is 2. The summed E-state index contributed by atoms with van der Waals surface area (Å²) in [5, 5.41) is 1.66. The maximum absolute atomic E-state index is 11.6. The molecule has 0 saturated carbocycles. The first-order valence-corrected chi connectivity index (χ1v) is 9.74. The molecule has 0 amide bonds. The van der Waals surface area contributed by atoms with E-state index in [0.717, 1.165) is 22.7 Å². The monoisotopic (exact) mass is 363 g/mol. The molecular formula is C18H18ClNO3S. The summed E-state index contributed by atoms with van der Waals surface area (Å²) in [4.78, 5) is 0. The summed E-state index contributed by atoms with van der Waals surface area (Å²) in [5.41, 5.74) is 1.94. The van der Waals surface area contributed by atoms with Gasteiger partial charge in [-0.15, -0.1) is 0 Å². The Morgan fingerprint density at radius 2 is 1.79 bits per heavy atom. The van der Waals surface area contributed by atoms with Crippen molar-refractivity contribution in [2.45, 2.75) is 19.1 Å². The number of fused-ring (bicyclic) bond motifs is 1. The van der Waals surface area contributed by atoms with E-state index in [2.05, 4.69) is 0 Å². The number of nitrogens with zero attached hydrogens (tertiary/aromatic N) is 1. The lowest BCUT2D eigenvalue weighted by Gasteiger charge is -2.26. The van der Waals surface area contributed by atoms with Crippen molar-refractivity contribution in [2.75, 3.05) is 6.26 Å². The van der Waals surface area contributed by atoms with Gasteiger partial charge in [-0.05, 0) is 36.8 Å². The predicted octanol–water partition coefficient (Wildman–Crippen LogP) is 4.25. The summed E-state index contributed by atoms with van der Waals surface area (Å²) in [7, 11) is -3.56. The second kappa shape index (κ2) is 6.59. The van der Waals surface area contributed by atoms with E-state index in [4.69, 9.17) is 15.8 Å². The van der Waals surface area contributed by atoms with Crippen LogP contribution in [0.1, 0.15) is 18.5 Å². The molecular weight excluding hydrogens is 346 g/mol. The maximum Gasteiger partial charge on any atom is 0.264 e. The third-order valence-corrected chi connectivity index (χ3v) is 4.78. The molecule has 2 atom stereocenters. The zero-order valence-corrected chi connectivity index (χ0v) is 15.0. The summed E-state index contributed by atoms with van der Waals surface area (Å²) >= 11 is 6.06. The van der Waals surface area contributed by atoms with Crippen molar-refractivity contribution in [3.05, 3.63) is 71.4 Å². The largest absolute Gasteiger partial charge is 0.337 e. The van der Waals surface area contributed by atoms with Gasteiger partial charge in [-0.25, -0.2) is 0 Å². The van der Waals surface area contributed by atoms with Gasteiger partial charge in [0, 0.05) is 22.1 Å². The van der Waals surface area contributed by atoms with Crippen molar-refractivity contribution < 1.29 is 12.6 Å². The van der Waals surface area contributed by atoms with Gasteiger partial charge in [0.1, 0.15) is 0 Å². The van der Waals surface area contributed by atoms with Gasteiger partial charge >= 0.3 is 0 Å². The first kappa shape index (κ1) is 17.0. The Kier molecular flexibility index (Phi) is 4.67. The van der Waals surface area contributed by atoms with Crippen molar-refractivity contribution in [3.63, 3.8) is 0 Å². The Balaban J connectivity index is 2.13. The normalized spacial score (nSPS) is 14.6. The van der Waals surface area contributed by atoms with Crippen LogP contribution >= 0.6 is 11.6 Å². The van der Waals surface area contributed by atoms with E-state index in [1.807, 2.05) is 65.4 Å². The highest BCUT2D eigenvalue weighted by atomic mass is 35.5. The molecule has 0 aliphatic carbocycles. The van der Waals surface area contributed by atoms with Crippen molar-refractivity contribution >= 4 is 32.6 Å². The van der Waals surface area contributed by atoms with Crippen LogP contribution in [0.4, 0.5) is 0 Å². The van der Waals surface area contributed by atoms with E-state index in [1.54, 1.807) is 6.92 Å². The number of hydrogen-bond acceptors (Lipinski definition) is 3. The third kappa shape index (κ3) is 3.64. The van der Waals surface area contributed by atoms with Crippen LogP contribution < -0.4 is 0 Å². The minimum absolute atomic E-state index is 0.278. The summed E-state index contributed by atoms with van der Waals surface area (Å²) in [6, 6.07) is 17.0. The molecule has 0 fully saturated rings.